The predicted molar refractivity (Wildman–Crippen MR) is 114 cm³/mol. The van der Waals surface area contributed by atoms with Crippen LogP contribution >= 0.6 is 11.6 Å². The Balaban J connectivity index is 1.46. The van der Waals surface area contributed by atoms with Crippen LogP contribution in [0, 0.1) is 0 Å². The predicted octanol–water partition coefficient (Wildman–Crippen LogP) is 4.87. The van der Waals surface area contributed by atoms with Crippen molar-refractivity contribution in [3.63, 3.8) is 0 Å². The zero-order valence-electron chi connectivity index (χ0n) is 15.6. The maximum absolute atomic E-state index is 12.5. The van der Waals surface area contributed by atoms with Crippen molar-refractivity contribution in [2.45, 2.75) is 19.4 Å². The summed E-state index contributed by atoms with van der Waals surface area (Å²) in [5.41, 5.74) is 4.02. The Morgan fingerprint density at radius 3 is 2.59 bits per heavy atom. The first kappa shape index (κ1) is 19.0. The summed E-state index contributed by atoms with van der Waals surface area (Å²) in [6, 6.07) is 22.8. The van der Waals surface area contributed by atoms with Gasteiger partial charge in [-0.1, -0.05) is 60.1 Å². The fourth-order valence-corrected chi connectivity index (χ4v) is 3.45. The number of nitrogens with zero attached hydrogens (tertiary/aromatic N) is 1. The van der Waals surface area contributed by atoms with Crippen LogP contribution in [0.25, 0.3) is 11.1 Å². The third kappa shape index (κ3) is 4.41. The number of benzene rings is 3. The lowest BCUT2D eigenvalue weighted by Gasteiger charge is -2.11. The number of amides is 1. The second kappa shape index (κ2) is 8.37. The standard InChI is InChI=1S/C23H19ClN2O3/c24-18-10-11-20-21(15-18)29-23(28)26(20)13-12-22(27)25-19-9-5-4-8-17(19)14-16-6-2-1-3-7-16/h1-11,15H,12-14H2,(H,25,27). The van der Waals surface area contributed by atoms with Gasteiger partial charge in [-0.15, -0.1) is 0 Å². The van der Waals surface area contributed by atoms with Crippen molar-refractivity contribution in [1.29, 1.82) is 0 Å². The van der Waals surface area contributed by atoms with Gasteiger partial charge in [-0.2, -0.15) is 0 Å². The van der Waals surface area contributed by atoms with Crippen molar-refractivity contribution in [2.75, 3.05) is 5.32 Å². The van der Waals surface area contributed by atoms with Crippen molar-refractivity contribution >= 4 is 34.3 Å². The van der Waals surface area contributed by atoms with Crippen molar-refractivity contribution in [3.05, 3.63) is 99.5 Å². The molecular weight excluding hydrogens is 388 g/mol. The van der Waals surface area contributed by atoms with Gasteiger partial charge in [0, 0.05) is 29.7 Å². The number of rotatable bonds is 6. The molecule has 0 saturated heterocycles. The third-order valence-electron chi connectivity index (χ3n) is 4.72. The number of carbonyl (C=O) groups is 1. The van der Waals surface area contributed by atoms with E-state index in [2.05, 4.69) is 17.4 Å². The number of halogens is 1. The van der Waals surface area contributed by atoms with E-state index in [9.17, 15) is 9.59 Å². The Kier molecular flexibility index (Phi) is 5.49. The molecule has 146 valence electrons. The summed E-state index contributed by atoms with van der Waals surface area (Å²) in [5.74, 6) is -0.666. The molecule has 1 heterocycles. The van der Waals surface area contributed by atoms with E-state index in [4.69, 9.17) is 16.0 Å². The van der Waals surface area contributed by atoms with Crippen LogP contribution in [0.2, 0.25) is 5.02 Å². The summed E-state index contributed by atoms with van der Waals surface area (Å²) in [4.78, 5) is 24.6. The van der Waals surface area contributed by atoms with Gasteiger partial charge in [-0.25, -0.2) is 4.79 Å². The maximum atomic E-state index is 12.5. The van der Waals surface area contributed by atoms with E-state index in [1.807, 2.05) is 42.5 Å². The lowest BCUT2D eigenvalue weighted by atomic mass is 10.0. The topological polar surface area (TPSA) is 64.2 Å². The molecule has 4 aromatic rings. The Morgan fingerprint density at radius 2 is 1.76 bits per heavy atom. The fraction of sp³-hybridized carbons (Fsp3) is 0.130. The summed E-state index contributed by atoms with van der Waals surface area (Å²) in [6.07, 6.45) is 0.876. The molecular formula is C23H19ClN2O3. The number of oxazole rings is 1. The lowest BCUT2D eigenvalue weighted by molar-refractivity contribution is -0.116. The van der Waals surface area contributed by atoms with Crippen LogP contribution in [0.15, 0.2) is 82.0 Å². The SMILES string of the molecule is O=C(CCn1c(=O)oc2cc(Cl)ccc21)Nc1ccccc1Cc1ccccc1. The molecule has 1 aromatic heterocycles. The van der Waals surface area contributed by atoms with Crippen molar-refractivity contribution in [3.8, 4) is 0 Å². The number of aromatic nitrogens is 1. The molecule has 5 nitrogen and oxygen atoms in total. The third-order valence-corrected chi connectivity index (χ3v) is 4.96. The van der Waals surface area contributed by atoms with E-state index in [0.717, 1.165) is 17.7 Å². The van der Waals surface area contributed by atoms with E-state index >= 15 is 0 Å². The number of anilines is 1. The summed E-state index contributed by atoms with van der Waals surface area (Å²) in [5, 5.41) is 3.46. The molecule has 1 N–H and O–H groups in total. The summed E-state index contributed by atoms with van der Waals surface area (Å²) < 4.78 is 6.65. The van der Waals surface area contributed by atoms with Gasteiger partial charge >= 0.3 is 5.76 Å². The van der Waals surface area contributed by atoms with E-state index in [1.165, 1.54) is 10.1 Å². The molecule has 6 heteroatoms. The van der Waals surface area contributed by atoms with Gasteiger partial charge < -0.3 is 9.73 Å². The number of hydrogen-bond donors (Lipinski definition) is 1. The van der Waals surface area contributed by atoms with Gasteiger partial charge in [0.2, 0.25) is 5.91 Å². The Morgan fingerprint density at radius 1 is 1.00 bits per heavy atom. The van der Waals surface area contributed by atoms with E-state index in [-0.39, 0.29) is 18.9 Å². The van der Waals surface area contributed by atoms with Gasteiger partial charge in [-0.3, -0.25) is 9.36 Å². The van der Waals surface area contributed by atoms with Crippen LogP contribution in [0.1, 0.15) is 17.5 Å². The number of aryl methyl sites for hydroxylation is 1. The smallest absolute Gasteiger partial charge is 0.408 e. The van der Waals surface area contributed by atoms with E-state index in [1.54, 1.807) is 18.2 Å². The normalized spacial score (nSPS) is 10.9. The van der Waals surface area contributed by atoms with Gasteiger partial charge in [-0.05, 0) is 35.7 Å². The van der Waals surface area contributed by atoms with Crippen LogP contribution in [0.4, 0.5) is 5.69 Å². The number of hydrogen-bond acceptors (Lipinski definition) is 3. The number of fused-ring (bicyclic) bond motifs is 1. The first-order valence-corrected chi connectivity index (χ1v) is 9.68. The first-order valence-electron chi connectivity index (χ1n) is 9.31. The molecule has 0 aliphatic heterocycles. The second-order valence-electron chi connectivity index (χ2n) is 6.75. The van der Waals surface area contributed by atoms with Gasteiger partial charge in [0.15, 0.2) is 5.58 Å². The molecule has 0 unspecified atom stereocenters. The van der Waals surface area contributed by atoms with Crippen LogP contribution in [-0.2, 0) is 17.8 Å². The lowest BCUT2D eigenvalue weighted by Crippen LogP contribution is -2.20. The minimum Gasteiger partial charge on any atom is -0.408 e. The fourth-order valence-electron chi connectivity index (χ4n) is 3.29. The highest BCUT2D eigenvalue weighted by Crippen LogP contribution is 2.20. The zero-order valence-corrected chi connectivity index (χ0v) is 16.4. The zero-order chi connectivity index (χ0) is 20.2. The first-order chi connectivity index (χ1) is 14.1. The number of nitrogens with one attached hydrogen (secondary N) is 1. The molecule has 0 saturated carbocycles. The molecule has 0 atom stereocenters. The average molecular weight is 407 g/mol. The average Bonchev–Trinajstić information content (AvgIpc) is 3.02. The molecule has 0 spiro atoms. The highest BCUT2D eigenvalue weighted by molar-refractivity contribution is 6.31. The minimum absolute atomic E-state index is 0.150. The molecule has 4 rings (SSSR count). The number of para-hydroxylation sites is 1. The Hall–Kier alpha value is -3.31. The molecule has 0 radical (unpaired) electrons. The van der Waals surface area contributed by atoms with Crippen LogP contribution in [0.3, 0.4) is 0 Å². The van der Waals surface area contributed by atoms with Gasteiger partial charge in [0.1, 0.15) is 0 Å². The largest absolute Gasteiger partial charge is 0.419 e. The molecule has 0 bridgehead atoms. The quantitative estimate of drug-likeness (QED) is 0.497. The van der Waals surface area contributed by atoms with E-state index < -0.39 is 5.76 Å². The second-order valence-corrected chi connectivity index (χ2v) is 7.19. The summed E-state index contributed by atoms with van der Waals surface area (Å²) in [6.45, 7) is 0.222. The summed E-state index contributed by atoms with van der Waals surface area (Å²) >= 11 is 5.94. The molecule has 0 fully saturated rings. The highest BCUT2D eigenvalue weighted by Gasteiger charge is 2.12. The molecule has 0 aliphatic carbocycles. The summed E-state index contributed by atoms with van der Waals surface area (Å²) in [7, 11) is 0. The van der Waals surface area contributed by atoms with Crippen molar-refractivity contribution < 1.29 is 9.21 Å². The highest BCUT2D eigenvalue weighted by atomic mass is 35.5. The van der Waals surface area contributed by atoms with Gasteiger partial charge in [0.05, 0.1) is 5.52 Å². The molecule has 0 aliphatic rings. The molecule has 3 aromatic carbocycles. The Labute approximate surface area is 172 Å². The van der Waals surface area contributed by atoms with Gasteiger partial charge in [0.25, 0.3) is 0 Å². The molecule has 1 amide bonds. The van der Waals surface area contributed by atoms with E-state index in [0.29, 0.717) is 16.1 Å². The van der Waals surface area contributed by atoms with Crippen LogP contribution in [-0.4, -0.2) is 10.5 Å². The molecule has 29 heavy (non-hydrogen) atoms. The monoisotopic (exact) mass is 406 g/mol. The van der Waals surface area contributed by atoms with Crippen LogP contribution < -0.4 is 11.1 Å². The maximum Gasteiger partial charge on any atom is 0.419 e. The van der Waals surface area contributed by atoms with Crippen molar-refractivity contribution in [1.82, 2.24) is 4.57 Å². The van der Waals surface area contributed by atoms with Crippen molar-refractivity contribution in [2.24, 2.45) is 0 Å². The van der Waals surface area contributed by atoms with Crippen LogP contribution in [0.5, 0.6) is 0 Å². The number of carbonyl (C=O) groups excluding carboxylic acids is 1. The Bertz CT molecular complexity index is 1210. The minimum atomic E-state index is -0.500.